The molecule has 1 aromatic rings. The Morgan fingerprint density at radius 2 is 1.81 bits per heavy atom. The van der Waals surface area contributed by atoms with Gasteiger partial charge in [0.1, 0.15) is 5.01 Å². The van der Waals surface area contributed by atoms with Gasteiger partial charge < -0.3 is 5.32 Å². The Hall–Kier alpha value is -0.410. The topological polar surface area (TPSA) is 24.9 Å². The van der Waals surface area contributed by atoms with Crippen molar-refractivity contribution in [2.45, 2.75) is 89.1 Å². The molecule has 0 saturated heterocycles. The summed E-state index contributed by atoms with van der Waals surface area (Å²) < 4.78 is 0. The van der Waals surface area contributed by atoms with Crippen LogP contribution in [0.3, 0.4) is 0 Å². The van der Waals surface area contributed by atoms with Gasteiger partial charge in [0.15, 0.2) is 0 Å². The van der Waals surface area contributed by atoms with Gasteiger partial charge in [-0.2, -0.15) is 0 Å². The summed E-state index contributed by atoms with van der Waals surface area (Å²) in [6.45, 7) is 0. The van der Waals surface area contributed by atoms with Crippen LogP contribution in [-0.4, -0.2) is 11.0 Å². The molecule has 2 saturated carbocycles. The third-order valence-electron chi connectivity index (χ3n) is 5.47. The van der Waals surface area contributed by atoms with E-state index in [9.17, 15) is 0 Å². The van der Waals surface area contributed by atoms with Crippen LogP contribution in [0, 0.1) is 5.92 Å². The lowest BCUT2D eigenvalue weighted by molar-refractivity contribution is 0.298. The molecular weight excluding hydrogens is 276 g/mol. The molecule has 0 spiro atoms. The van der Waals surface area contributed by atoms with Gasteiger partial charge in [-0.15, -0.1) is 11.3 Å². The fourth-order valence-electron chi connectivity index (χ4n) is 4.05. The molecule has 1 atom stereocenters. The first-order valence-corrected chi connectivity index (χ1v) is 9.94. The van der Waals surface area contributed by atoms with E-state index >= 15 is 0 Å². The second-order valence-corrected chi connectivity index (χ2v) is 8.48. The molecule has 1 N–H and O–H groups in total. The molecule has 1 aromatic heterocycles. The van der Waals surface area contributed by atoms with Crippen molar-refractivity contribution >= 4 is 11.3 Å². The van der Waals surface area contributed by atoms with Crippen LogP contribution >= 0.6 is 11.3 Å². The molecule has 0 radical (unpaired) electrons. The van der Waals surface area contributed by atoms with Gasteiger partial charge >= 0.3 is 0 Å². The first kappa shape index (κ1) is 14.2. The van der Waals surface area contributed by atoms with Crippen LogP contribution in [0.25, 0.3) is 0 Å². The van der Waals surface area contributed by atoms with E-state index < -0.39 is 0 Å². The van der Waals surface area contributed by atoms with E-state index in [2.05, 4.69) is 5.32 Å². The van der Waals surface area contributed by atoms with Gasteiger partial charge in [-0.3, -0.25) is 0 Å². The van der Waals surface area contributed by atoms with Crippen molar-refractivity contribution < 1.29 is 0 Å². The first-order chi connectivity index (χ1) is 10.4. The summed E-state index contributed by atoms with van der Waals surface area (Å²) in [4.78, 5) is 6.65. The predicted molar refractivity (Wildman–Crippen MR) is 88.8 cm³/mol. The fourth-order valence-corrected chi connectivity index (χ4v) is 5.28. The molecule has 0 aliphatic heterocycles. The molecule has 3 aliphatic carbocycles. The van der Waals surface area contributed by atoms with Crippen LogP contribution in [0.5, 0.6) is 0 Å². The van der Waals surface area contributed by atoms with Gasteiger partial charge in [-0.05, 0) is 50.9 Å². The van der Waals surface area contributed by atoms with Crippen LogP contribution in [0.4, 0.5) is 0 Å². The smallest absolute Gasteiger partial charge is 0.110 e. The third kappa shape index (κ3) is 3.50. The minimum Gasteiger partial charge on any atom is -0.305 e. The number of rotatable bonds is 5. The van der Waals surface area contributed by atoms with Crippen LogP contribution in [0.2, 0.25) is 0 Å². The molecule has 0 aromatic carbocycles. The normalized spacial score (nSPS) is 24.8. The Morgan fingerprint density at radius 3 is 2.57 bits per heavy atom. The maximum Gasteiger partial charge on any atom is 0.110 e. The summed E-state index contributed by atoms with van der Waals surface area (Å²) in [6, 6.07) is 1.34. The van der Waals surface area contributed by atoms with E-state index in [1.807, 2.05) is 11.3 Å². The highest BCUT2D eigenvalue weighted by Crippen LogP contribution is 2.37. The van der Waals surface area contributed by atoms with Crippen molar-refractivity contribution in [3.63, 3.8) is 0 Å². The molecule has 116 valence electrons. The summed E-state index contributed by atoms with van der Waals surface area (Å²) in [5.41, 5.74) is 1.44. The Labute approximate surface area is 132 Å². The summed E-state index contributed by atoms with van der Waals surface area (Å²) in [7, 11) is 0. The van der Waals surface area contributed by atoms with E-state index in [1.54, 1.807) is 4.88 Å². The summed E-state index contributed by atoms with van der Waals surface area (Å²) in [5, 5.41) is 5.33. The number of nitrogens with zero attached hydrogens (tertiary/aromatic N) is 1. The van der Waals surface area contributed by atoms with Crippen molar-refractivity contribution in [2.24, 2.45) is 5.92 Å². The number of hydrogen-bond donors (Lipinski definition) is 1. The standard InChI is InChI=1S/C18H28N2S/c1-2-6-13(7-3-1)12-16(19-14-10-11-14)18-20-15-8-4-5-9-17(15)21-18/h13-14,16,19H,1-12H2. The van der Waals surface area contributed by atoms with Crippen LogP contribution in [-0.2, 0) is 12.8 Å². The lowest BCUT2D eigenvalue weighted by Gasteiger charge is -2.26. The second-order valence-electron chi connectivity index (χ2n) is 7.36. The van der Waals surface area contributed by atoms with Gasteiger partial charge in [0, 0.05) is 10.9 Å². The predicted octanol–water partition coefficient (Wildman–Crippen LogP) is 4.79. The first-order valence-electron chi connectivity index (χ1n) is 9.13. The average Bonchev–Trinajstić information content (AvgIpc) is 3.23. The Morgan fingerprint density at radius 1 is 1.00 bits per heavy atom. The van der Waals surface area contributed by atoms with Crippen LogP contribution in [0.15, 0.2) is 0 Å². The van der Waals surface area contributed by atoms with Crippen molar-refractivity contribution in [1.29, 1.82) is 0 Å². The van der Waals surface area contributed by atoms with Gasteiger partial charge in [0.2, 0.25) is 0 Å². The number of fused-ring (bicyclic) bond motifs is 1. The van der Waals surface area contributed by atoms with Crippen LogP contribution in [0.1, 0.15) is 85.8 Å². The molecule has 4 rings (SSSR count). The van der Waals surface area contributed by atoms with Gasteiger partial charge in [0.05, 0.1) is 11.7 Å². The maximum atomic E-state index is 5.05. The molecular formula is C18H28N2S. The Balaban J connectivity index is 1.49. The summed E-state index contributed by atoms with van der Waals surface area (Å²) in [6.07, 6.45) is 16.6. The number of aromatic nitrogens is 1. The molecule has 1 unspecified atom stereocenters. The van der Waals surface area contributed by atoms with E-state index in [0.29, 0.717) is 6.04 Å². The SMILES string of the molecule is C1CCC(CC(NC2CC2)c2nc3c(s2)CCCC3)CC1. The zero-order valence-electron chi connectivity index (χ0n) is 13.1. The fraction of sp³-hybridized carbons (Fsp3) is 0.833. The maximum absolute atomic E-state index is 5.05. The molecule has 2 fully saturated rings. The number of thiazole rings is 1. The van der Waals surface area contributed by atoms with Gasteiger partial charge in [-0.25, -0.2) is 4.98 Å². The zero-order chi connectivity index (χ0) is 14.1. The lowest BCUT2D eigenvalue weighted by atomic mass is 9.85. The molecule has 2 nitrogen and oxygen atoms in total. The molecule has 0 amide bonds. The molecule has 1 heterocycles. The number of nitrogens with one attached hydrogen (secondary N) is 1. The monoisotopic (exact) mass is 304 g/mol. The zero-order valence-corrected chi connectivity index (χ0v) is 13.9. The summed E-state index contributed by atoms with van der Waals surface area (Å²) >= 11 is 2.03. The Bertz CT molecular complexity index is 448. The van der Waals surface area contributed by atoms with E-state index in [1.165, 1.54) is 87.8 Å². The molecule has 3 heteroatoms. The van der Waals surface area contributed by atoms with Gasteiger partial charge in [-0.1, -0.05) is 32.1 Å². The molecule has 0 bridgehead atoms. The second kappa shape index (κ2) is 6.37. The lowest BCUT2D eigenvalue weighted by Crippen LogP contribution is -2.26. The van der Waals surface area contributed by atoms with Crippen molar-refractivity contribution in [2.75, 3.05) is 0 Å². The summed E-state index contributed by atoms with van der Waals surface area (Å²) in [5.74, 6) is 0.941. The highest BCUT2D eigenvalue weighted by molar-refractivity contribution is 7.11. The number of hydrogen-bond acceptors (Lipinski definition) is 3. The average molecular weight is 305 g/mol. The van der Waals surface area contributed by atoms with E-state index in [0.717, 1.165) is 12.0 Å². The van der Waals surface area contributed by atoms with E-state index in [4.69, 9.17) is 4.98 Å². The van der Waals surface area contributed by atoms with Crippen LogP contribution < -0.4 is 5.32 Å². The van der Waals surface area contributed by atoms with Crippen molar-refractivity contribution in [1.82, 2.24) is 10.3 Å². The highest BCUT2D eigenvalue weighted by atomic mass is 32.1. The molecule has 3 aliphatic rings. The largest absolute Gasteiger partial charge is 0.305 e. The van der Waals surface area contributed by atoms with Crippen molar-refractivity contribution in [3.8, 4) is 0 Å². The minimum atomic E-state index is 0.552. The molecule has 21 heavy (non-hydrogen) atoms. The third-order valence-corrected chi connectivity index (χ3v) is 6.74. The highest BCUT2D eigenvalue weighted by Gasteiger charge is 2.30. The van der Waals surface area contributed by atoms with Gasteiger partial charge in [0.25, 0.3) is 0 Å². The Kier molecular flexibility index (Phi) is 4.31. The van der Waals surface area contributed by atoms with Crippen molar-refractivity contribution in [3.05, 3.63) is 15.6 Å². The minimum absolute atomic E-state index is 0.552. The quantitative estimate of drug-likeness (QED) is 0.846. The number of aryl methyl sites for hydroxylation is 2. The van der Waals surface area contributed by atoms with E-state index in [-0.39, 0.29) is 0 Å².